The Morgan fingerprint density at radius 1 is 1.16 bits per heavy atom. The van der Waals surface area contributed by atoms with E-state index in [1.54, 1.807) is 59.3 Å². The Hall–Kier alpha value is -5.16. The number of fused-ring (bicyclic) bond motifs is 1. The van der Waals surface area contributed by atoms with Crippen LogP contribution in [0.2, 0.25) is 5.02 Å². The highest BCUT2D eigenvalue weighted by atomic mass is 35.5. The van der Waals surface area contributed by atoms with Crippen LogP contribution >= 0.6 is 11.6 Å². The summed E-state index contributed by atoms with van der Waals surface area (Å²) in [5, 5.41) is 14.4. The van der Waals surface area contributed by atoms with Crippen LogP contribution in [-0.4, -0.2) is 38.0 Å². The number of carbonyl (C=O) groups is 1. The Morgan fingerprint density at radius 2 is 1.95 bits per heavy atom. The zero-order valence-corrected chi connectivity index (χ0v) is 20.7. The standard InChI is InChI=1S/C26H20ClN7O4/c1-3-20(35)30-16-5-7-17(8-6-16)34-24(22-23(33-34)26(36)32-31-25(22)28)14-4-9-18(19(12-14)37-2)38-21-13-15(27)10-11-29-21/h3-13H,1H2,2H3,(H2,28,31)(H,30,35)(H,32,36). The predicted octanol–water partition coefficient (Wildman–Crippen LogP) is 4.33. The quantitative estimate of drug-likeness (QED) is 0.264. The van der Waals surface area contributed by atoms with Gasteiger partial charge < -0.3 is 20.5 Å². The third-order valence-corrected chi connectivity index (χ3v) is 5.78. The smallest absolute Gasteiger partial charge is 0.292 e. The lowest BCUT2D eigenvalue weighted by atomic mass is 10.1. The van der Waals surface area contributed by atoms with Crippen molar-refractivity contribution in [2.45, 2.75) is 0 Å². The Bertz CT molecular complexity index is 1750. The summed E-state index contributed by atoms with van der Waals surface area (Å²) in [5.41, 5.74) is 8.11. The molecule has 0 aliphatic carbocycles. The van der Waals surface area contributed by atoms with Crippen LogP contribution in [0.15, 0.2) is 78.2 Å². The number of halogens is 1. The summed E-state index contributed by atoms with van der Waals surface area (Å²) in [4.78, 5) is 28.4. The molecule has 12 heteroatoms. The van der Waals surface area contributed by atoms with Crippen LogP contribution in [0.25, 0.3) is 27.8 Å². The highest BCUT2D eigenvalue weighted by Gasteiger charge is 2.22. The molecule has 1 amide bonds. The summed E-state index contributed by atoms with van der Waals surface area (Å²) in [5.74, 6) is 0.841. The maximum atomic E-state index is 12.6. The number of hydrogen-bond donors (Lipinski definition) is 3. The van der Waals surface area contributed by atoms with E-state index in [0.717, 1.165) is 0 Å². The number of pyridine rings is 1. The van der Waals surface area contributed by atoms with Crippen LogP contribution in [0.1, 0.15) is 0 Å². The van der Waals surface area contributed by atoms with E-state index in [4.69, 9.17) is 26.8 Å². The molecule has 190 valence electrons. The molecule has 0 aliphatic rings. The van der Waals surface area contributed by atoms with Crippen LogP contribution in [0.3, 0.4) is 0 Å². The summed E-state index contributed by atoms with van der Waals surface area (Å²) in [6, 6.07) is 15.3. The fourth-order valence-corrected chi connectivity index (χ4v) is 3.97. The first kappa shape index (κ1) is 24.5. The normalized spacial score (nSPS) is 10.8. The summed E-state index contributed by atoms with van der Waals surface area (Å²) < 4.78 is 13.0. The number of aromatic nitrogens is 5. The van der Waals surface area contributed by atoms with E-state index in [1.807, 2.05) is 0 Å². The molecule has 0 saturated heterocycles. The Balaban J connectivity index is 1.65. The fourth-order valence-electron chi connectivity index (χ4n) is 3.83. The second kappa shape index (κ2) is 10.1. The average molecular weight is 530 g/mol. The third-order valence-electron chi connectivity index (χ3n) is 5.55. The zero-order valence-electron chi connectivity index (χ0n) is 19.9. The molecule has 2 aromatic carbocycles. The van der Waals surface area contributed by atoms with Crippen molar-refractivity contribution in [3.05, 3.63) is 88.8 Å². The SMILES string of the molecule is C=CC(=O)Nc1ccc(-n2nc3c(=O)[nH]nc(N)c3c2-c2ccc(Oc3cc(Cl)ccn3)c(OC)c2)cc1. The lowest BCUT2D eigenvalue weighted by Crippen LogP contribution is -2.10. The van der Waals surface area contributed by atoms with Crippen LogP contribution < -0.4 is 26.1 Å². The van der Waals surface area contributed by atoms with E-state index in [2.05, 4.69) is 32.2 Å². The van der Waals surface area contributed by atoms with Crippen molar-refractivity contribution < 1.29 is 14.3 Å². The number of ether oxygens (including phenoxy) is 2. The minimum Gasteiger partial charge on any atom is -0.493 e. The van der Waals surface area contributed by atoms with Gasteiger partial charge >= 0.3 is 0 Å². The third kappa shape index (κ3) is 4.65. The van der Waals surface area contributed by atoms with Crippen LogP contribution in [0, 0.1) is 0 Å². The van der Waals surface area contributed by atoms with Gasteiger partial charge in [0, 0.05) is 28.5 Å². The monoisotopic (exact) mass is 529 g/mol. The summed E-state index contributed by atoms with van der Waals surface area (Å²) in [7, 11) is 1.50. The van der Waals surface area contributed by atoms with Gasteiger partial charge in [0.25, 0.3) is 5.56 Å². The number of nitrogen functional groups attached to an aromatic ring is 1. The molecular formula is C26H20ClN7O4. The summed E-state index contributed by atoms with van der Waals surface area (Å²) in [6.07, 6.45) is 2.71. The van der Waals surface area contributed by atoms with Gasteiger partial charge in [-0.05, 0) is 54.6 Å². The van der Waals surface area contributed by atoms with E-state index >= 15 is 0 Å². The average Bonchev–Trinajstić information content (AvgIpc) is 3.33. The number of H-pyrrole nitrogens is 1. The molecule has 0 atom stereocenters. The second-order valence-electron chi connectivity index (χ2n) is 7.94. The van der Waals surface area contributed by atoms with Gasteiger partial charge in [-0.1, -0.05) is 18.2 Å². The van der Waals surface area contributed by atoms with Crippen molar-refractivity contribution in [1.82, 2.24) is 25.0 Å². The summed E-state index contributed by atoms with van der Waals surface area (Å²) in [6.45, 7) is 3.45. The molecule has 0 radical (unpaired) electrons. The Labute approximate surface area is 220 Å². The van der Waals surface area contributed by atoms with Crippen molar-refractivity contribution >= 4 is 39.9 Å². The number of carbonyl (C=O) groups excluding carboxylic acids is 1. The predicted molar refractivity (Wildman–Crippen MR) is 144 cm³/mol. The molecule has 0 aliphatic heterocycles. The Kier molecular flexibility index (Phi) is 6.50. The number of nitrogens with two attached hydrogens (primary N) is 1. The van der Waals surface area contributed by atoms with E-state index < -0.39 is 5.56 Å². The molecule has 0 fully saturated rings. The first-order chi connectivity index (χ1) is 18.4. The number of aromatic amines is 1. The fraction of sp³-hybridized carbons (Fsp3) is 0.0385. The maximum absolute atomic E-state index is 12.6. The molecule has 3 heterocycles. The molecule has 0 bridgehead atoms. The van der Waals surface area contributed by atoms with Gasteiger partial charge in [0.05, 0.1) is 23.9 Å². The van der Waals surface area contributed by atoms with Gasteiger partial charge in [-0.15, -0.1) is 0 Å². The molecule has 38 heavy (non-hydrogen) atoms. The van der Waals surface area contributed by atoms with E-state index in [9.17, 15) is 9.59 Å². The number of benzene rings is 2. The molecule has 4 N–H and O–H groups in total. The minimum absolute atomic E-state index is 0.0955. The molecule has 3 aromatic heterocycles. The van der Waals surface area contributed by atoms with Gasteiger partial charge in [-0.25, -0.2) is 14.8 Å². The van der Waals surface area contributed by atoms with Crippen molar-refractivity contribution in [3.8, 4) is 34.3 Å². The number of hydrogen-bond acceptors (Lipinski definition) is 8. The van der Waals surface area contributed by atoms with Crippen molar-refractivity contribution in [3.63, 3.8) is 0 Å². The van der Waals surface area contributed by atoms with E-state index in [0.29, 0.717) is 50.4 Å². The highest BCUT2D eigenvalue weighted by Crippen LogP contribution is 2.39. The molecule has 0 saturated carbocycles. The minimum atomic E-state index is -0.497. The number of rotatable bonds is 7. The summed E-state index contributed by atoms with van der Waals surface area (Å²) >= 11 is 6.05. The highest BCUT2D eigenvalue weighted by molar-refractivity contribution is 6.30. The van der Waals surface area contributed by atoms with Crippen molar-refractivity contribution in [2.24, 2.45) is 0 Å². The molecular weight excluding hydrogens is 510 g/mol. The van der Waals surface area contributed by atoms with E-state index in [1.165, 1.54) is 19.4 Å². The molecule has 5 aromatic rings. The number of nitrogens with zero attached hydrogens (tertiary/aromatic N) is 4. The lowest BCUT2D eigenvalue weighted by molar-refractivity contribution is -0.111. The van der Waals surface area contributed by atoms with Crippen LogP contribution in [0.5, 0.6) is 17.4 Å². The van der Waals surface area contributed by atoms with Gasteiger partial charge in [-0.2, -0.15) is 10.2 Å². The number of amides is 1. The number of anilines is 2. The van der Waals surface area contributed by atoms with Crippen LogP contribution in [0.4, 0.5) is 11.5 Å². The van der Waals surface area contributed by atoms with Crippen LogP contribution in [-0.2, 0) is 4.79 Å². The van der Waals surface area contributed by atoms with Gasteiger partial charge in [0.2, 0.25) is 11.8 Å². The van der Waals surface area contributed by atoms with Gasteiger partial charge in [0.1, 0.15) is 0 Å². The molecule has 0 unspecified atom stereocenters. The molecule has 11 nitrogen and oxygen atoms in total. The topological polar surface area (TPSA) is 150 Å². The maximum Gasteiger partial charge on any atom is 0.292 e. The van der Waals surface area contributed by atoms with Gasteiger partial charge in [-0.3, -0.25) is 9.59 Å². The first-order valence-electron chi connectivity index (χ1n) is 11.2. The van der Waals surface area contributed by atoms with Crippen molar-refractivity contribution in [2.75, 3.05) is 18.2 Å². The molecule has 5 rings (SSSR count). The first-order valence-corrected chi connectivity index (χ1v) is 11.5. The molecule has 0 spiro atoms. The zero-order chi connectivity index (χ0) is 26.8. The largest absolute Gasteiger partial charge is 0.493 e. The Morgan fingerprint density at radius 3 is 2.66 bits per heavy atom. The lowest BCUT2D eigenvalue weighted by Gasteiger charge is -2.13. The number of methoxy groups -OCH3 is 1. The van der Waals surface area contributed by atoms with Crippen molar-refractivity contribution in [1.29, 1.82) is 0 Å². The number of nitrogens with one attached hydrogen (secondary N) is 2. The van der Waals surface area contributed by atoms with Gasteiger partial charge in [0.15, 0.2) is 22.8 Å². The van der Waals surface area contributed by atoms with E-state index in [-0.39, 0.29) is 17.2 Å². The second-order valence-corrected chi connectivity index (χ2v) is 8.38.